The van der Waals surface area contributed by atoms with Crippen molar-refractivity contribution in [1.82, 2.24) is 0 Å². The molecule has 0 aromatic heterocycles. The molecule has 4 nitrogen and oxygen atoms in total. The van der Waals surface area contributed by atoms with Gasteiger partial charge in [0.05, 0.1) is 4.90 Å². The van der Waals surface area contributed by atoms with Crippen LogP contribution in [0.1, 0.15) is 5.56 Å². The third kappa shape index (κ3) is 4.34. The molecule has 1 rings (SSSR count). The van der Waals surface area contributed by atoms with E-state index >= 15 is 0 Å². The molecule has 7 heteroatoms. The summed E-state index contributed by atoms with van der Waals surface area (Å²) >= 11 is 0. The van der Waals surface area contributed by atoms with Crippen LogP contribution in [0.25, 0.3) is 6.08 Å². The van der Waals surface area contributed by atoms with Gasteiger partial charge in [-0.25, -0.2) is 16.8 Å². The van der Waals surface area contributed by atoms with E-state index in [2.05, 4.69) is 0 Å². The maximum atomic E-state index is 11.1. The van der Waals surface area contributed by atoms with Gasteiger partial charge in [0.2, 0.25) is 0 Å². The second-order valence-electron chi connectivity index (χ2n) is 3.12. The lowest BCUT2D eigenvalue weighted by atomic mass is 10.2. The van der Waals surface area contributed by atoms with Crippen LogP contribution in [0.15, 0.2) is 34.6 Å². The zero-order chi connectivity index (χ0) is 12.4. The van der Waals surface area contributed by atoms with Gasteiger partial charge in [0.1, 0.15) is 0 Å². The number of rotatable bonds is 3. The Bertz CT molecular complexity index is 597. The van der Waals surface area contributed by atoms with E-state index < -0.39 is 18.9 Å². The van der Waals surface area contributed by atoms with Crippen molar-refractivity contribution in [2.45, 2.75) is 4.90 Å². The first-order valence-electron chi connectivity index (χ1n) is 4.11. The Labute approximate surface area is 98.9 Å². The van der Waals surface area contributed by atoms with Crippen LogP contribution >= 0.6 is 10.7 Å². The fraction of sp³-hybridized carbons (Fsp3) is 0.111. The summed E-state index contributed by atoms with van der Waals surface area (Å²) in [6.07, 6.45) is 2.38. The minimum Gasteiger partial charge on any atom is -0.224 e. The Hall–Kier alpha value is -0.850. The Morgan fingerprint density at radius 2 is 1.56 bits per heavy atom. The summed E-state index contributed by atoms with van der Waals surface area (Å²) in [7, 11) is -1.94. The average Bonchev–Trinajstić information content (AvgIpc) is 2.13. The molecule has 88 valence electrons. The minimum absolute atomic E-state index is 0.179. The predicted molar refractivity (Wildman–Crippen MR) is 63.4 cm³/mol. The van der Waals surface area contributed by atoms with Crippen molar-refractivity contribution in [3.8, 4) is 0 Å². The zero-order valence-corrected chi connectivity index (χ0v) is 10.7. The van der Waals surface area contributed by atoms with Gasteiger partial charge in [-0.2, -0.15) is 0 Å². The van der Waals surface area contributed by atoms with Crippen LogP contribution in [-0.2, 0) is 18.9 Å². The quantitative estimate of drug-likeness (QED) is 0.789. The van der Waals surface area contributed by atoms with Crippen LogP contribution in [0.2, 0.25) is 0 Å². The molecule has 0 spiro atoms. The highest BCUT2D eigenvalue weighted by molar-refractivity contribution is 8.16. The molecule has 0 unspecified atom stereocenters. The summed E-state index contributed by atoms with van der Waals surface area (Å²) in [5, 5.41) is 0.837. The van der Waals surface area contributed by atoms with Crippen molar-refractivity contribution >= 4 is 35.6 Å². The lowest BCUT2D eigenvalue weighted by Crippen LogP contribution is -1.96. The van der Waals surface area contributed by atoms with E-state index in [0.29, 0.717) is 5.56 Å². The van der Waals surface area contributed by atoms with Crippen molar-refractivity contribution < 1.29 is 16.8 Å². The highest BCUT2D eigenvalue weighted by atomic mass is 35.7. The number of hydrogen-bond donors (Lipinski definition) is 0. The molecule has 0 saturated carbocycles. The Kier molecular flexibility index (Phi) is 3.77. The summed E-state index contributed by atoms with van der Waals surface area (Å²) in [6.45, 7) is 0. The van der Waals surface area contributed by atoms with Gasteiger partial charge in [0, 0.05) is 22.3 Å². The molecule has 0 N–H and O–H groups in total. The van der Waals surface area contributed by atoms with E-state index in [0.717, 1.165) is 11.7 Å². The fourth-order valence-electron chi connectivity index (χ4n) is 0.986. The smallest absolute Gasteiger partial charge is 0.224 e. The Morgan fingerprint density at radius 3 is 1.94 bits per heavy atom. The van der Waals surface area contributed by atoms with Gasteiger partial charge in [0.25, 0.3) is 9.05 Å². The molecule has 0 aliphatic rings. The van der Waals surface area contributed by atoms with E-state index in [9.17, 15) is 16.8 Å². The first kappa shape index (κ1) is 13.2. The van der Waals surface area contributed by atoms with Crippen molar-refractivity contribution in [2.24, 2.45) is 0 Å². The maximum absolute atomic E-state index is 11.1. The van der Waals surface area contributed by atoms with Gasteiger partial charge in [-0.3, -0.25) is 0 Å². The average molecular weight is 281 g/mol. The Balaban J connectivity index is 3.02. The summed E-state index contributed by atoms with van der Waals surface area (Å²) in [4.78, 5) is 0.179. The molecule has 0 aliphatic heterocycles. The van der Waals surface area contributed by atoms with Gasteiger partial charge in [-0.1, -0.05) is 12.1 Å². The number of halogens is 1. The van der Waals surface area contributed by atoms with Crippen LogP contribution in [0.4, 0.5) is 0 Å². The van der Waals surface area contributed by atoms with E-state index in [4.69, 9.17) is 10.7 Å². The molecule has 0 amide bonds. The topological polar surface area (TPSA) is 68.3 Å². The summed E-state index contributed by atoms with van der Waals surface area (Å²) in [5.74, 6) is 0. The van der Waals surface area contributed by atoms with Crippen LogP contribution in [0.3, 0.4) is 0 Å². The lowest BCUT2D eigenvalue weighted by Gasteiger charge is -1.98. The molecule has 0 atom stereocenters. The lowest BCUT2D eigenvalue weighted by molar-refractivity contribution is 0.601. The second kappa shape index (κ2) is 4.57. The van der Waals surface area contributed by atoms with Crippen molar-refractivity contribution in [2.75, 3.05) is 6.26 Å². The third-order valence-electron chi connectivity index (χ3n) is 1.73. The Morgan fingerprint density at radius 1 is 1.06 bits per heavy atom. The van der Waals surface area contributed by atoms with E-state index in [1.54, 1.807) is 0 Å². The van der Waals surface area contributed by atoms with E-state index in [1.807, 2.05) is 0 Å². The maximum Gasteiger partial charge on any atom is 0.254 e. The van der Waals surface area contributed by atoms with Crippen LogP contribution < -0.4 is 0 Å². The van der Waals surface area contributed by atoms with E-state index in [1.165, 1.54) is 30.3 Å². The number of hydrogen-bond acceptors (Lipinski definition) is 4. The van der Waals surface area contributed by atoms with Gasteiger partial charge in [-0.15, -0.1) is 0 Å². The molecule has 0 saturated heterocycles. The molecular weight excluding hydrogens is 272 g/mol. The number of sulfone groups is 1. The SMILES string of the molecule is CS(=O)(=O)c1ccc(/C=C/S(=O)(=O)Cl)cc1. The third-order valence-corrected chi connectivity index (χ3v) is 3.63. The van der Waals surface area contributed by atoms with Crippen molar-refractivity contribution in [3.63, 3.8) is 0 Å². The van der Waals surface area contributed by atoms with Gasteiger partial charge in [0.15, 0.2) is 9.84 Å². The first-order chi connectivity index (χ1) is 7.18. The normalized spacial score (nSPS) is 13.1. The molecule has 0 bridgehead atoms. The second-order valence-corrected chi connectivity index (χ2v) is 7.65. The van der Waals surface area contributed by atoms with Crippen LogP contribution in [0.5, 0.6) is 0 Å². The fourth-order valence-corrected chi connectivity index (χ4v) is 2.09. The van der Waals surface area contributed by atoms with Crippen LogP contribution in [-0.4, -0.2) is 23.1 Å². The minimum atomic E-state index is -3.69. The standard InChI is InChI=1S/C9H9ClO4S2/c1-15(11,12)9-4-2-8(3-5-9)6-7-16(10,13)14/h2-7H,1H3/b7-6+. The molecule has 16 heavy (non-hydrogen) atoms. The predicted octanol–water partition coefficient (Wildman–Crippen LogP) is 1.63. The van der Waals surface area contributed by atoms with Gasteiger partial charge >= 0.3 is 0 Å². The van der Waals surface area contributed by atoms with Crippen molar-refractivity contribution in [3.05, 3.63) is 35.2 Å². The highest BCUT2D eigenvalue weighted by Gasteiger charge is 2.05. The summed E-state index contributed by atoms with van der Waals surface area (Å²) in [5.41, 5.74) is 0.552. The zero-order valence-electron chi connectivity index (χ0n) is 8.29. The summed E-state index contributed by atoms with van der Waals surface area (Å²) in [6, 6.07) is 5.79. The molecule has 0 heterocycles. The molecule has 0 aliphatic carbocycles. The first-order valence-corrected chi connectivity index (χ1v) is 8.38. The van der Waals surface area contributed by atoms with Gasteiger partial charge in [-0.05, 0) is 23.8 Å². The molecular formula is C9H9ClO4S2. The van der Waals surface area contributed by atoms with Gasteiger partial charge < -0.3 is 0 Å². The van der Waals surface area contributed by atoms with Crippen LogP contribution in [0, 0.1) is 0 Å². The van der Waals surface area contributed by atoms with E-state index in [-0.39, 0.29) is 4.90 Å². The number of benzene rings is 1. The molecule has 0 radical (unpaired) electrons. The summed E-state index contributed by atoms with van der Waals surface area (Å²) < 4.78 is 43.5. The largest absolute Gasteiger partial charge is 0.254 e. The molecule has 1 aromatic carbocycles. The van der Waals surface area contributed by atoms with Crippen molar-refractivity contribution in [1.29, 1.82) is 0 Å². The highest BCUT2D eigenvalue weighted by Crippen LogP contribution is 2.12. The molecule has 0 fully saturated rings. The molecule has 1 aromatic rings. The monoisotopic (exact) mass is 280 g/mol.